The maximum Gasteiger partial charge on any atom is 0.0991 e. The third-order valence-electron chi connectivity index (χ3n) is 1.25. The van der Waals surface area contributed by atoms with Crippen molar-refractivity contribution in [3.8, 4) is 6.07 Å². The summed E-state index contributed by atoms with van der Waals surface area (Å²) in [5.41, 5.74) is 1.37. The van der Waals surface area contributed by atoms with Gasteiger partial charge in [0, 0.05) is 0 Å². The van der Waals surface area contributed by atoms with E-state index >= 15 is 0 Å². The van der Waals surface area contributed by atoms with Gasteiger partial charge in [0.15, 0.2) is 0 Å². The maximum atomic E-state index is 8.43. The predicted octanol–water partition coefficient (Wildman–Crippen LogP) is 1.37. The number of oxime groups is 1. The highest BCUT2D eigenvalue weighted by Gasteiger charge is 1.88. The van der Waals surface area contributed by atoms with Crippen molar-refractivity contribution in [2.24, 2.45) is 5.16 Å². The first kappa shape index (κ1) is 7.29. The summed E-state index contributed by atoms with van der Waals surface area (Å²) in [5, 5.41) is 19.4. The zero-order chi connectivity index (χ0) is 8.10. The van der Waals surface area contributed by atoms with Crippen molar-refractivity contribution < 1.29 is 5.21 Å². The lowest BCUT2D eigenvalue weighted by atomic mass is 10.2. The normalized spacial score (nSPS) is 9.73. The van der Waals surface area contributed by atoms with Gasteiger partial charge in [0.2, 0.25) is 0 Å². The first-order valence-electron chi connectivity index (χ1n) is 3.04. The van der Waals surface area contributed by atoms with E-state index in [4.69, 9.17) is 10.5 Å². The minimum Gasteiger partial charge on any atom is -0.411 e. The van der Waals surface area contributed by atoms with E-state index in [1.807, 2.05) is 6.07 Å². The molecule has 1 N–H and O–H groups in total. The molecule has 0 aromatic heterocycles. The molecule has 11 heavy (non-hydrogen) atoms. The van der Waals surface area contributed by atoms with E-state index in [1.165, 1.54) is 6.21 Å². The second kappa shape index (κ2) is 3.37. The summed E-state index contributed by atoms with van der Waals surface area (Å²) >= 11 is 0. The zero-order valence-corrected chi connectivity index (χ0v) is 5.73. The molecule has 0 spiro atoms. The van der Waals surface area contributed by atoms with Gasteiger partial charge in [0.25, 0.3) is 0 Å². The quantitative estimate of drug-likeness (QED) is 0.369. The summed E-state index contributed by atoms with van der Waals surface area (Å²) in [7, 11) is 0. The summed E-state index contributed by atoms with van der Waals surface area (Å²) in [4.78, 5) is 0. The predicted molar refractivity (Wildman–Crippen MR) is 40.5 cm³/mol. The molecular formula is C8H6N2O. The number of hydrogen-bond donors (Lipinski definition) is 1. The van der Waals surface area contributed by atoms with Crippen LogP contribution in [0.4, 0.5) is 0 Å². The van der Waals surface area contributed by atoms with E-state index in [-0.39, 0.29) is 0 Å². The third-order valence-corrected chi connectivity index (χ3v) is 1.25. The van der Waals surface area contributed by atoms with Crippen molar-refractivity contribution in [3.63, 3.8) is 0 Å². The Morgan fingerprint density at radius 1 is 1.36 bits per heavy atom. The summed E-state index contributed by atoms with van der Waals surface area (Å²) in [6.45, 7) is 0. The molecule has 0 heterocycles. The average molecular weight is 146 g/mol. The van der Waals surface area contributed by atoms with Crippen LogP contribution >= 0.6 is 0 Å². The molecule has 3 heteroatoms. The Labute approximate surface area is 64.2 Å². The average Bonchev–Trinajstić information content (AvgIpc) is 2.07. The monoisotopic (exact) mass is 146 g/mol. The van der Waals surface area contributed by atoms with E-state index in [0.717, 1.165) is 5.56 Å². The van der Waals surface area contributed by atoms with Gasteiger partial charge in [0.05, 0.1) is 17.8 Å². The fourth-order valence-electron chi connectivity index (χ4n) is 0.710. The van der Waals surface area contributed by atoms with Crippen LogP contribution in [-0.2, 0) is 0 Å². The highest BCUT2D eigenvalue weighted by atomic mass is 16.4. The Kier molecular flexibility index (Phi) is 2.24. The topological polar surface area (TPSA) is 56.4 Å². The lowest BCUT2D eigenvalue weighted by Gasteiger charge is -1.89. The van der Waals surface area contributed by atoms with Gasteiger partial charge in [0.1, 0.15) is 0 Å². The van der Waals surface area contributed by atoms with E-state index in [2.05, 4.69) is 5.16 Å². The highest BCUT2D eigenvalue weighted by Crippen LogP contribution is 1.99. The molecule has 0 fully saturated rings. The number of rotatable bonds is 1. The number of hydrogen-bond acceptors (Lipinski definition) is 3. The van der Waals surface area contributed by atoms with Crippen LogP contribution in [0, 0.1) is 11.3 Å². The Morgan fingerprint density at radius 3 is 2.45 bits per heavy atom. The number of nitrogens with zero attached hydrogens (tertiary/aromatic N) is 2. The molecule has 0 atom stereocenters. The molecule has 0 aliphatic carbocycles. The van der Waals surface area contributed by atoms with Crippen molar-refractivity contribution in [1.29, 1.82) is 5.26 Å². The zero-order valence-electron chi connectivity index (χ0n) is 5.73. The van der Waals surface area contributed by atoms with Gasteiger partial charge >= 0.3 is 0 Å². The molecule has 0 bridgehead atoms. The molecule has 0 aliphatic rings. The minimum atomic E-state index is 0.597. The van der Waals surface area contributed by atoms with Crippen LogP contribution in [0.15, 0.2) is 29.4 Å². The van der Waals surface area contributed by atoms with Crippen LogP contribution in [0.1, 0.15) is 11.1 Å². The smallest absolute Gasteiger partial charge is 0.0991 e. The Morgan fingerprint density at radius 2 is 2.00 bits per heavy atom. The molecule has 0 saturated heterocycles. The Bertz CT molecular complexity index is 295. The SMILES string of the molecule is N#Cc1ccc(/C=N/O)cc1. The molecule has 0 radical (unpaired) electrons. The molecule has 0 saturated carbocycles. The third kappa shape index (κ3) is 1.80. The van der Waals surface area contributed by atoms with E-state index in [0.29, 0.717) is 5.56 Å². The molecule has 0 unspecified atom stereocenters. The van der Waals surface area contributed by atoms with Gasteiger partial charge in [-0.05, 0) is 17.7 Å². The first-order chi connectivity index (χ1) is 5.36. The van der Waals surface area contributed by atoms with Gasteiger partial charge < -0.3 is 5.21 Å². The van der Waals surface area contributed by atoms with E-state index in [9.17, 15) is 0 Å². The van der Waals surface area contributed by atoms with E-state index < -0.39 is 0 Å². The fraction of sp³-hybridized carbons (Fsp3) is 0. The summed E-state index contributed by atoms with van der Waals surface area (Å²) in [6.07, 6.45) is 1.31. The minimum absolute atomic E-state index is 0.597. The first-order valence-corrected chi connectivity index (χ1v) is 3.04. The lowest BCUT2D eigenvalue weighted by Crippen LogP contribution is -1.80. The Hall–Kier alpha value is -1.82. The van der Waals surface area contributed by atoms with E-state index in [1.54, 1.807) is 24.3 Å². The van der Waals surface area contributed by atoms with Crippen molar-refractivity contribution in [2.75, 3.05) is 0 Å². The summed E-state index contributed by atoms with van der Waals surface area (Å²) < 4.78 is 0. The second-order valence-electron chi connectivity index (χ2n) is 1.98. The van der Waals surface area contributed by atoms with Crippen LogP contribution in [0.2, 0.25) is 0 Å². The number of benzene rings is 1. The molecule has 1 rings (SSSR count). The highest BCUT2D eigenvalue weighted by molar-refractivity contribution is 5.79. The van der Waals surface area contributed by atoms with Gasteiger partial charge in [-0.1, -0.05) is 17.3 Å². The molecule has 0 aliphatic heterocycles. The molecule has 1 aromatic carbocycles. The number of nitriles is 1. The fourth-order valence-corrected chi connectivity index (χ4v) is 0.710. The second-order valence-corrected chi connectivity index (χ2v) is 1.98. The largest absolute Gasteiger partial charge is 0.411 e. The van der Waals surface area contributed by atoms with Crippen LogP contribution in [0.3, 0.4) is 0 Å². The molecule has 3 nitrogen and oxygen atoms in total. The van der Waals surface area contributed by atoms with Gasteiger partial charge in [-0.15, -0.1) is 0 Å². The van der Waals surface area contributed by atoms with Crippen molar-refractivity contribution in [2.45, 2.75) is 0 Å². The van der Waals surface area contributed by atoms with Crippen LogP contribution < -0.4 is 0 Å². The molecule has 1 aromatic rings. The molecule has 0 amide bonds. The molecular weight excluding hydrogens is 140 g/mol. The summed E-state index contributed by atoms with van der Waals surface area (Å²) in [5.74, 6) is 0. The Balaban J connectivity index is 2.94. The summed E-state index contributed by atoms with van der Waals surface area (Å²) in [6, 6.07) is 8.73. The van der Waals surface area contributed by atoms with Crippen molar-refractivity contribution in [1.82, 2.24) is 0 Å². The van der Waals surface area contributed by atoms with Gasteiger partial charge in [-0.2, -0.15) is 5.26 Å². The molecule has 54 valence electrons. The van der Waals surface area contributed by atoms with Crippen LogP contribution in [0.5, 0.6) is 0 Å². The van der Waals surface area contributed by atoms with Crippen LogP contribution in [0.25, 0.3) is 0 Å². The van der Waals surface area contributed by atoms with Crippen molar-refractivity contribution >= 4 is 6.21 Å². The van der Waals surface area contributed by atoms with Gasteiger partial charge in [-0.3, -0.25) is 0 Å². The standard InChI is InChI=1S/C8H6N2O/c9-5-7-1-3-8(4-2-7)6-10-11/h1-4,6,11H/b10-6+. The lowest BCUT2D eigenvalue weighted by molar-refractivity contribution is 0.322. The van der Waals surface area contributed by atoms with Gasteiger partial charge in [-0.25, -0.2) is 0 Å². The van der Waals surface area contributed by atoms with Crippen molar-refractivity contribution in [3.05, 3.63) is 35.4 Å². The maximum absolute atomic E-state index is 8.43. The van der Waals surface area contributed by atoms with Crippen LogP contribution in [-0.4, -0.2) is 11.4 Å².